The van der Waals surface area contributed by atoms with Crippen LogP contribution in [0.5, 0.6) is 5.88 Å². The van der Waals surface area contributed by atoms with Crippen LogP contribution in [-0.4, -0.2) is 15.1 Å². The molecule has 0 amide bonds. The van der Waals surface area contributed by atoms with E-state index in [2.05, 4.69) is 23.8 Å². The summed E-state index contributed by atoms with van der Waals surface area (Å²) in [4.78, 5) is 18.8. The minimum absolute atomic E-state index is 0.168. The minimum atomic E-state index is -0.262. The topological polar surface area (TPSA) is 66.0 Å². The molecular weight excluding hydrogens is 252 g/mol. The quantitative estimate of drug-likeness (QED) is 0.898. The van der Waals surface area contributed by atoms with Gasteiger partial charge in [-0.3, -0.25) is 4.79 Å². The summed E-state index contributed by atoms with van der Waals surface area (Å²) in [6.07, 6.45) is 1.32. The van der Waals surface area contributed by atoms with Gasteiger partial charge in [0, 0.05) is 5.56 Å². The molecular formula is C16H20N2O2. The number of benzene rings is 1. The molecule has 4 heteroatoms. The summed E-state index contributed by atoms with van der Waals surface area (Å²) in [5.74, 6) is 0.692. The fourth-order valence-corrected chi connectivity index (χ4v) is 2.12. The molecule has 0 bridgehead atoms. The number of nitrogens with one attached hydrogen (secondary N) is 1. The van der Waals surface area contributed by atoms with Gasteiger partial charge in [-0.25, -0.2) is 0 Å². The van der Waals surface area contributed by atoms with E-state index in [9.17, 15) is 9.90 Å². The maximum absolute atomic E-state index is 11.9. The molecule has 0 aliphatic carbocycles. The largest absolute Gasteiger partial charge is 0.493 e. The van der Waals surface area contributed by atoms with Crippen molar-refractivity contribution in [3.05, 3.63) is 45.7 Å². The Bertz CT molecular complexity index is 643. The van der Waals surface area contributed by atoms with E-state index in [1.165, 1.54) is 5.56 Å². The molecule has 0 radical (unpaired) electrons. The highest BCUT2D eigenvalue weighted by Gasteiger charge is 2.11. The first-order valence-corrected chi connectivity index (χ1v) is 6.95. The van der Waals surface area contributed by atoms with Gasteiger partial charge in [0.1, 0.15) is 5.82 Å². The highest BCUT2D eigenvalue weighted by Crippen LogP contribution is 2.21. The van der Waals surface area contributed by atoms with Crippen LogP contribution in [0.15, 0.2) is 29.1 Å². The Morgan fingerprint density at radius 1 is 1.25 bits per heavy atom. The molecule has 2 rings (SSSR count). The summed E-state index contributed by atoms with van der Waals surface area (Å²) in [7, 11) is 0. The van der Waals surface area contributed by atoms with Crippen LogP contribution in [0, 0.1) is 0 Å². The summed E-state index contributed by atoms with van der Waals surface area (Å²) < 4.78 is 0. The van der Waals surface area contributed by atoms with Crippen molar-refractivity contribution in [1.29, 1.82) is 0 Å². The third-order valence-electron chi connectivity index (χ3n) is 3.34. The Kier molecular flexibility index (Phi) is 4.23. The first-order chi connectivity index (χ1) is 9.52. The highest BCUT2D eigenvalue weighted by molar-refractivity contribution is 5.56. The Morgan fingerprint density at radius 3 is 2.40 bits per heavy atom. The zero-order valence-corrected chi connectivity index (χ0v) is 12.1. The predicted molar refractivity (Wildman–Crippen MR) is 80.0 cm³/mol. The summed E-state index contributed by atoms with van der Waals surface area (Å²) >= 11 is 0. The van der Waals surface area contributed by atoms with Gasteiger partial charge in [-0.05, 0) is 17.9 Å². The van der Waals surface area contributed by atoms with Gasteiger partial charge >= 0.3 is 0 Å². The second kappa shape index (κ2) is 5.90. The lowest BCUT2D eigenvalue weighted by molar-refractivity contribution is 0.443. The van der Waals surface area contributed by atoms with E-state index in [0.29, 0.717) is 23.7 Å². The van der Waals surface area contributed by atoms with E-state index in [-0.39, 0.29) is 11.4 Å². The molecule has 0 atom stereocenters. The van der Waals surface area contributed by atoms with Gasteiger partial charge in [-0.1, -0.05) is 51.5 Å². The molecule has 106 valence electrons. The molecule has 2 aromatic rings. The molecule has 1 heterocycles. The van der Waals surface area contributed by atoms with Gasteiger partial charge < -0.3 is 10.1 Å². The lowest BCUT2D eigenvalue weighted by Crippen LogP contribution is -2.15. The molecule has 0 saturated heterocycles. The van der Waals surface area contributed by atoms with E-state index >= 15 is 0 Å². The number of aromatic nitrogens is 2. The summed E-state index contributed by atoms with van der Waals surface area (Å²) in [6, 6.07) is 7.84. The molecule has 0 spiro atoms. The maximum atomic E-state index is 11.9. The van der Waals surface area contributed by atoms with Crippen LogP contribution in [0.25, 0.3) is 11.4 Å². The number of hydrogen-bond donors (Lipinski definition) is 2. The normalized spacial score (nSPS) is 11.0. The molecule has 1 aromatic carbocycles. The van der Waals surface area contributed by atoms with E-state index < -0.39 is 0 Å². The van der Waals surface area contributed by atoms with Gasteiger partial charge in [-0.2, -0.15) is 4.98 Å². The Labute approximate surface area is 118 Å². The van der Waals surface area contributed by atoms with Crippen molar-refractivity contribution in [1.82, 2.24) is 9.97 Å². The molecule has 0 saturated carbocycles. The molecule has 0 aliphatic heterocycles. The van der Waals surface area contributed by atoms with Crippen molar-refractivity contribution < 1.29 is 5.11 Å². The van der Waals surface area contributed by atoms with Crippen molar-refractivity contribution in [2.45, 2.75) is 39.5 Å². The average molecular weight is 272 g/mol. The summed E-state index contributed by atoms with van der Waals surface area (Å²) in [6.45, 7) is 6.21. The third kappa shape index (κ3) is 2.90. The van der Waals surface area contributed by atoms with E-state index in [0.717, 1.165) is 12.0 Å². The number of rotatable bonds is 4. The highest BCUT2D eigenvalue weighted by atomic mass is 16.3. The first-order valence-electron chi connectivity index (χ1n) is 6.95. The number of hydrogen-bond acceptors (Lipinski definition) is 3. The lowest BCUT2D eigenvalue weighted by atomic mass is 10.0. The van der Waals surface area contributed by atoms with Gasteiger partial charge in [0.15, 0.2) is 0 Å². The van der Waals surface area contributed by atoms with Gasteiger partial charge in [0.05, 0.1) is 5.56 Å². The monoisotopic (exact) mass is 272 g/mol. The van der Waals surface area contributed by atoms with Crippen molar-refractivity contribution in [3.63, 3.8) is 0 Å². The van der Waals surface area contributed by atoms with Crippen molar-refractivity contribution in [2.75, 3.05) is 0 Å². The number of aromatic amines is 1. The van der Waals surface area contributed by atoms with E-state index in [1.54, 1.807) is 0 Å². The molecule has 0 unspecified atom stereocenters. The molecule has 2 N–H and O–H groups in total. The molecule has 0 aliphatic rings. The molecule has 20 heavy (non-hydrogen) atoms. The van der Waals surface area contributed by atoms with Gasteiger partial charge in [0.2, 0.25) is 5.88 Å². The zero-order valence-electron chi connectivity index (χ0n) is 12.1. The zero-order chi connectivity index (χ0) is 14.7. The van der Waals surface area contributed by atoms with Crippen LogP contribution in [0.3, 0.4) is 0 Å². The van der Waals surface area contributed by atoms with Crippen molar-refractivity contribution >= 4 is 0 Å². The van der Waals surface area contributed by atoms with Crippen LogP contribution >= 0.6 is 0 Å². The van der Waals surface area contributed by atoms with Gasteiger partial charge in [-0.15, -0.1) is 0 Å². The Balaban J connectivity index is 2.41. The number of H-pyrrole nitrogens is 1. The maximum Gasteiger partial charge on any atom is 0.258 e. The van der Waals surface area contributed by atoms with E-state index in [1.807, 2.05) is 31.2 Å². The molecule has 0 fully saturated rings. The standard InChI is InChI=1S/C16H20N2O2/c1-4-5-13-15(19)17-14(18-16(13)20)12-8-6-11(7-9-12)10(2)3/h6-10H,4-5H2,1-3H3,(H2,17,18,19,20). The van der Waals surface area contributed by atoms with Crippen LogP contribution in [0.4, 0.5) is 0 Å². The Hall–Kier alpha value is -2.10. The molecule has 1 aromatic heterocycles. The van der Waals surface area contributed by atoms with Crippen LogP contribution in [0.2, 0.25) is 0 Å². The predicted octanol–water partition coefficient (Wildman–Crippen LogP) is 3.22. The lowest BCUT2D eigenvalue weighted by Gasteiger charge is -2.08. The summed E-state index contributed by atoms with van der Waals surface area (Å²) in [5.41, 5.74) is 2.12. The number of nitrogens with zero attached hydrogens (tertiary/aromatic N) is 1. The SMILES string of the molecule is CCCc1c(O)nc(-c2ccc(C(C)C)cc2)[nH]c1=O. The minimum Gasteiger partial charge on any atom is -0.493 e. The van der Waals surface area contributed by atoms with Crippen molar-refractivity contribution in [3.8, 4) is 17.3 Å². The fourth-order valence-electron chi connectivity index (χ4n) is 2.12. The third-order valence-corrected chi connectivity index (χ3v) is 3.34. The smallest absolute Gasteiger partial charge is 0.258 e. The second-order valence-electron chi connectivity index (χ2n) is 5.24. The second-order valence-corrected chi connectivity index (χ2v) is 5.24. The first kappa shape index (κ1) is 14.3. The van der Waals surface area contributed by atoms with Crippen LogP contribution in [-0.2, 0) is 6.42 Å². The van der Waals surface area contributed by atoms with Crippen molar-refractivity contribution in [2.24, 2.45) is 0 Å². The molecule has 4 nitrogen and oxygen atoms in total. The Morgan fingerprint density at radius 2 is 1.90 bits per heavy atom. The summed E-state index contributed by atoms with van der Waals surface area (Å²) in [5, 5.41) is 9.88. The fraction of sp³-hybridized carbons (Fsp3) is 0.375. The van der Waals surface area contributed by atoms with Gasteiger partial charge in [0.25, 0.3) is 5.56 Å². The van der Waals surface area contributed by atoms with E-state index in [4.69, 9.17) is 0 Å². The van der Waals surface area contributed by atoms with Crippen LogP contribution in [0.1, 0.15) is 44.2 Å². The number of aromatic hydroxyl groups is 1. The average Bonchev–Trinajstić information content (AvgIpc) is 2.42. The van der Waals surface area contributed by atoms with Crippen LogP contribution < -0.4 is 5.56 Å².